The van der Waals surface area contributed by atoms with Crippen LogP contribution in [0.2, 0.25) is 0 Å². The molecule has 0 aromatic heterocycles. The molecule has 2 bridgehead atoms. The number of hydrogen-bond acceptors (Lipinski definition) is 1. The molecule has 0 fully saturated rings. The normalized spacial score (nSPS) is 25.6. The highest BCUT2D eigenvalue weighted by Crippen LogP contribution is 2.54. The smallest absolute Gasteiger partial charge is 0.0614 e. The fourth-order valence-electron chi connectivity index (χ4n) is 3.38. The summed E-state index contributed by atoms with van der Waals surface area (Å²) in [4.78, 5) is 2.48. The van der Waals surface area contributed by atoms with E-state index in [9.17, 15) is 0 Å². The Labute approximate surface area is 95.3 Å². The van der Waals surface area contributed by atoms with E-state index >= 15 is 0 Å². The molecule has 0 atom stereocenters. The second-order valence-electron chi connectivity index (χ2n) is 4.73. The first-order chi connectivity index (χ1) is 7.88. The van der Waals surface area contributed by atoms with Crippen LogP contribution in [0.15, 0.2) is 48.5 Å². The minimum atomic E-state index is 0.484. The van der Waals surface area contributed by atoms with E-state index in [1.807, 2.05) is 0 Å². The zero-order valence-electron chi connectivity index (χ0n) is 9.22. The van der Waals surface area contributed by atoms with Gasteiger partial charge in [-0.3, -0.25) is 4.90 Å². The van der Waals surface area contributed by atoms with Crippen LogP contribution in [0.3, 0.4) is 0 Å². The molecule has 0 saturated carbocycles. The van der Waals surface area contributed by atoms with Crippen LogP contribution in [-0.4, -0.2) is 11.9 Å². The van der Waals surface area contributed by atoms with E-state index in [-0.39, 0.29) is 0 Å². The first kappa shape index (κ1) is 8.54. The fraction of sp³-hybridized carbons (Fsp3) is 0.200. The van der Waals surface area contributed by atoms with Gasteiger partial charge in [0, 0.05) is 0 Å². The van der Waals surface area contributed by atoms with Crippen molar-refractivity contribution in [2.45, 2.75) is 12.1 Å². The predicted molar refractivity (Wildman–Crippen MR) is 64.3 cm³/mol. The molecule has 2 aromatic carbocycles. The van der Waals surface area contributed by atoms with E-state index in [1.54, 1.807) is 0 Å². The lowest BCUT2D eigenvalue weighted by atomic mass is 9.86. The van der Waals surface area contributed by atoms with Crippen LogP contribution < -0.4 is 0 Å². The Morgan fingerprint density at radius 1 is 0.688 bits per heavy atom. The molecule has 2 heterocycles. The van der Waals surface area contributed by atoms with Gasteiger partial charge in [0.2, 0.25) is 0 Å². The van der Waals surface area contributed by atoms with Crippen molar-refractivity contribution in [2.24, 2.45) is 0 Å². The van der Waals surface area contributed by atoms with Crippen molar-refractivity contribution < 1.29 is 0 Å². The van der Waals surface area contributed by atoms with Crippen LogP contribution >= 0.6 is 0 Å². The lowest BCUT2D eigenvalue weighted by molar-refractivity contribution is 0.297. The van der Waals surface area contributed by atoms with Crippen molar-refractivity contribution in [3.63, 3.8) is 0 Å². The third-order valence-electron chi connectivity index (χ3n) is 3.98. The van der Waals surface area contributed by atoms with Gasteiger partial charge in [-0.15, -0.1) is 0 Å². The standard InChI is InChI=1S/C15H13N/c1-16-14-10-6-2-3-7-11(10)15(16)13-9-5-4-8-12(13)14/h2-9,14-15H,1H3. The molecule has 1 nitrogen and oxygen atoms in total. The van der Waals surface area contributed by atoms with Gasteiger partial charge in [0.25, 0.3) is 0 Å². The third-order valence-corrected chi connectivity index (χ3v) is 3.98. The monoisotopic (exact) mass is 207 g/mol. The van der Waals surface area contributed by atoms with Gasteiger partial charge >= 0.3 is 0 Å². The van der Waals surface area contributed by atoms with Crippen LogP contribution in [-0.2, 0) is 0 Å². The second kappa shape index (κ2) is 2.74. The highest BCUT2D eigenvalue weighted by Gasteiger charge is 2.44. The number of benzene rings is 2. The molecular weight excluding hydrogens is 194 g/mol. The van der Waals surface area contributed by atoms with Crippen molar-refractivity contribution in [3.8, 4) is 0 Å². The maximum Gasteiger partial charge on any atom is 0.0614 e. The number of rotatable bonds is 0. The van der Waals surface area contributed by atoms with Crippen molar-refractivity contribution in [2.75, 3.05) is 7.05 Å². The molecular formula is C15H13N. The van der Waals surface area contributed by atoms with E-state index in [1.165, 1.54) is 22.3 Å². The SMILES string of the molecule is CN1C2c3ccccc3C1c1ccccc12. The van der Waals surface area contributed by atoms with Gasteiger partial charge in [0.05, 0.1) is 12.1 Å². The van der Waals surface area contributed by atoms with Gasteiger partial charge in [-0.05, 0) is 29.3 Å². The summed E-state index contributed by atoms with van der Waals surface area (Å²) in [6, 6.07) is 18.6. The van der Waals surface area contributed by atoms with Crippen molar-refractivity contribution in [3.05, 3.63) is 70.8 Å². The number of fused-ring (bicyclic) bond motifs is 8. The van der Waals surface area contributed by atoms with Gasteiger partial charge in [-0.1, -0.05) is 48.5 Å². The summed E-state index contributed by atoms with van der Waals surface area (Å²) in [6.07, 6.45) is 0. The molecule has 0 aliphatic carbocycles. The average Bonchev–Trinajstić information content (AvgIpc) is 2.78. The van der Waals surface area contributed by atoms with Gasteiger partial charge in [-0.2, -0.15) is 0 Å². The lowest BCUT2D eigenvalue weighted by Crippen LogP contribution is -2.14. The van der Waals surface area contributed by atoms with Crippen LogP contribution in [0.25, 0.3) is 0 Å². The molecule has 0 saturated heterocycles. The molecule has 0 spiro atoms. The van der Waals surface area contributed by atoms with E-state index in [0.717, 1.165) is 0 Å². The Kier molecular flexibility index (Phi) is 1.46. The molecule has 16 heavy (non-hydrogen) atoms. The zero-order valence-corrected chi connectivity index (χ0v) is 9.22. The Morgan fingerprint density at radius 2 is 1.00 bits per heavy atom. The van der Waals surface area contributed by atoms with Gasteiger partial charge in [0.15, 0.2) is 0 Å². The zero-order chi connectivity index (χ0) is 10.7. The Bertz CT molecular complexity index is 476. The van der Waals surface area contributed by atoms with Crippen LogP contribution in [0.5, 0.6) is 0 Å². The van der Waals surface area contributed by atoms with Crippen molar-refractivity contribution in [1.82, 2.24) is 4.90 Å². The quantitative estimate of drug-likeness (QED) is 0.641. The summed E-state index contributed by atoms with van der Waals surface area (Å²) in [5, 5.41) is 0. The number of hydrogen-bond donors (Lipinski definition) is 0. The van der Waals surface area contributed by atoms with E-state index in [4.69, 9.17) is 0 Å². The molecule has 0 amide bonds. The van der Waals surface area contributed by atoms with E-state index < -0.39 is 0 Å². The average molecular weight is 207 g/mol. The minimum Gasteiger partial charge on any atom is -0.284 e. The van der Waals surface area contributed by atoms with Gasteiger partial charge < -0.3 is 0 Å². The van der Waals surface area contributed by atoms with Gasteiger partial charge in [-0.25, -0.2) is 0 Å². The topological polar surface area (TPSA) is 3.24 Å². The Morgan fingerprint density at radius 3 is 1.31 bits per heavy atom. The maximum absolute atomic E-state index is 2.48. The first-order valence-corrected chi connectivity index (χ1v) is 5.77. The molecule has 1 heteroatoms. The summed E-state index contributed by atoms with van der Waals surface area (Å²) >= 11 is 0. The van der Waals surface area contributed by atoms with E-state index in [2.05, 4.69) is 60.5 Å². The molecule has 2 aliphatic rings. The molecule has 0 unspecified atom stereocenters. The molecule has 2 aliphatic heterocycles. The molecule has 0 radical (unpaired) electrons. The van der Waals surface area contributed by atoms with Crippen LogP contribution in [0.4, 0.5) is 0 Å². The fourth-order valence-corrected chi connectivity index (χ4v) is 3.38. The molecule has 2 aromatic rings. The summed E-state index contributed by atoms with van der Waals surface area (Å²) in [7, 11) is 2.23. The predicted octanol–water partition coefficient (Wildman–Crippen LogP) is 3.12. The largest absolute Gasteiger partial charge is 0.284 e. The summed E-state index contributed by atoms with van der Waals surface area (Å²) in [5.74, 6) is 0. The number of nitrogens with zero attached hydrogens (tertiary/aromatic N) is 1. The maximum atomic E-state index is 2.48. The summed E-state index contributed by atoms with van der Waals surface area (Å²) in [5.41, 5.74) is 5.98. The first-order valence-electron chi connectivity index (χ1n) is 5.77. The van der Waals surface area contributed by atoms with Crippen molar-refractivity contribution >= 4 is 0 Å². The highest BCUT2D eigenvalue weighted by atomic mass is 15.2. The van der Waals surface area contributed by atoms with E-state index in [0.29, 0.717) is 12.1 Å². The molecule has 78 valence electrons. The second-order valence-corrected chi connectivity index (χ2v) is 4.73. The Hall–Kier alpha value is -1.60. The Balaban J connectivity index is 2.04. The van der Waals surface area contributed by atoms with Crippen LogP contribution in [0, 0.1) is 0 Å². The molecule has 4 rings (SSSR count). The van der Waals surface area contributed by atoms with Crippen LogP contribution in [0.1, 0.15) is 34.3 Å². The highest BCUT2D eigenvalue weighted by molar-refractivity contribution is 5.56. The molecule has 0 N–H and O–H groups in total. The minimum absolute atomic E-state index is 0.484. The lowest BCUT2D eigenvalue weighted by Gasteiger charge is -2.16. The third kappa shape index (κ3) is 0.817. The van der Waals surface area contributed by atoms with Gasteiger partial charge in [0.1, 0.15) is 0 Å². The summed E-state index contributed by atoms with van der Waals surface area (Å²) < 4.78 is 0. The van der Waals surface area contributed by atoms with Crippen molar-refractivity contribution in [1.29, 1.82) is 0 Å². The summed E-state index contributed by atoms with van der Waals surface area (Å²) in [6.45, 7) is 0.